The number of carbonyl (C=O) groups excluding carboxylic acids is 1. The third-order valence-electron chi connectivity index (χ3n) is 3.01. The second-order valence-corrected chi connectivity index (χ2v) is 4.45. The van der Waals surface area contributed by atoms with Gasteiger partial charge in [0.2, 0.25) is 5.91 Å². The molecule has 1 amide bonds. The van der Waals surface area contributed by atoms with Crippen molar-refractivity contribution >= 4 is 11.6 Å². The van der Waals surface area contributed by atoms with Crippen molar-refractivity contribution in [3.63, 3.8) is 0 Å². The Morgan fingerprint density at radius 2 is 2.06 bits per heavy atom. The summed E-state index contributed by atoms with van der Waals surface area (Å²) >= 11 is 0. The number of anilines is 1. The molecule has 0 bridgehead atoms. The summed E-state index contributed by atoms with van der Waals surface area (Å²) in [5.41, 5.74) is 3.25. The molecule has 0 radical (unpaired) electrons. The van der Waals surface area contributed by atoms with Crippen molar-refractivity contribution in [3.8, 4) is 0 Å². The van der Waals surface area contributed by atoms with Crippen molar-refractivity contribution in [2.24, 2.45) is 5.92 Å². The van der Waals surface area contributed by atoms with Crippen LogP contribution in [0.15, 0.2) is 18.2 Å². The molecular weight excluding hydrogens is 212 g/mol. The van der Waals surface area contributed by atoms with Crippen LogP contribution < -0.4 is 10.6 Å². The highest BCUT2D eigenvalue weighted by Gasteiger charge is 2.13. The first-order valence-corrected chi connectivity index (χ1v) is 6.14. The van der Waals surface area contributed by atoms with Gasteiger partial charge in [-0.2, -0.15) is 0 Å². The molecule has 0 aliphatic heterocycles. The largest absolute Gasteiger partial charge is 0.326 e. The zero-order valence-corrected chi connectivity index (χ0v) is 11.1. The van der Waals surface area contributed by atoms with Gasteiger partial charge < -0.3 is 10.6 Å². The van der Waals surface area contributed by atoms with Crippen LogP contribution in [0.3, 0.4) is 0 Å². The lowest BCUT2D eigenvalue weighted by Gasteiger charge is -2.14. The topological polar surface area (TPSA) is 41.1 Å². The van der Waals surface area contributed by atoms with E-state index < -0.39 is 0 Å². The van der Waals surface area contributed by atoms with Crippen LogP contribution in [-0.2, 0) is 4.79 Å². The highest BCUT2D eigenvalue weighted by Crippen LogP contribution is 2.18. The van der Waals surface area contributed by atoms with Gasteiger partial charge in [-0.05, 0) is 37.6 Å². The lowest BCUT2D eigenvalue weighted by molar-refractivity contribution is -0.119. The van der Waals surface area contributed by atoms with E-state index >= 15 is 0 Å². The third-order valence-corrected chi connectivity index (χ3v) is 3.01. The van der Waals surface area contributed by atoms with Gasteiger partial charge in [-0.15, -0.1) is 0 Å². The van der Waals surface area contributed by atoms with E-state index in [9.17, 15) is 4.79 Å². The molecule has 1 rings (SSSR count). The summed E-state index contributed by atoms with van der Waals surface area (Å²) in [5, 5.41) is 6.16. The Hall–Kier alpha value is -1.35. The molecule has 94 valence electrons. The lowest BCUT2D eigenvalue weighted by Crippen LogP contribution is -2.30. The van der Waals surface area contributed by atoms with Gasteiger partial charge in [-0.1, -0.05) is 26.0 Å². The van der Waals surface area contributed by atoms with E-state index in [1.165, 1.54) is 5.56 Å². The zero-order chi connectivity index (χ0) is 12.8. The molecule has 3 nitrogen and oxygen atoms in total. The summed E-state index contributed by atoms with van der Waals surface area (Å²) in [7, 11) is 0. The Labute approximate surface area is 104 Å². The maximum atomic E-state index is 11.9. The third kappa shape index (κ3) is 3.86. The van der Waals surface area contributed by atoms with Crippen LogP contribution in [0.25, 0.3) is 0 Å². The van der Waals surface area contributed by atoms with E-state index in [0.717, 1.165) is 17.8 Å². The summed E-state index contributed by atoms with van der Waals surface area (Å²) in [6.45, 7) is 9.65. The summed E-state index contributed by atoms with van der Waals surface area (Å²) in [5.74, 6) is 0.0505. The average molecular weight is 234 g/mol. The monoisotopic (exact) mass is 234 g/mol. The molecule has 17 heavy (non-hydrogen) atoms. The second kappa shape index (κ2) is 6.40. The maximum absolute atomic E-state index is 11.9. The number of benzene rings is 1. The van der Waals surface area contributed by atoms with Crippen LogP contribution in [0.4, 0.5) is 5.69 Å². The SMILES string of the molecule is CCNCC(C)C(=O)Nc1cccc(C)c1C. The molecule has 0 aromatic heterocycles. The van der Waals surface area contributed by atoms with Gasteiger partial charge in [0.15, 0.2) is 0 Å². The van der Waals surface area contributed by atoms with Gasteiger partial charge in [-0.25, -0.2) is 0 Å². The molecule has 1 aromatic rings. The first-order valence-electron chi connectivity index (χ1n) is 6.14. The first kappa shape index (κ1) is 13.7. The minimum Gasteiger partial charge on any atom is -0.326 e. The molecule has 0 aliphatic carbocycles. The van der Waals surface area contributed by atoms with E-state index in [1.54, 1.807) is 0 Å². The van der Waals surface area contributed by atoms with E-state index in [1.807, 2.05) is 45.9 Å². The minimum atomic E-state index is -0.0186. The number of hydrogen-bond donors (Lipinski definition) is 2. The van der Waals surface area contributed by atoms with Gasteiger partial charge in [0.25, 0.3) is 0 Å². The average Bonchev–Trinajstić information content (AvgIpc) is 2.31. The smallest absolute Gasteiger partial charge is 0.228 e. The fourth-order valence-electron chi connectivity index (χ4n) is 1.60. The molecule has 2 N–H and O–H groups in total. The first-order chi connectivity index (χ1) is 8.06. The molecule has 0 aliphatic rings. The van der Waals surface area contributed by atoms with Crippen LogP contribution in [0.2, 0.25) is 0 Å². The van der Waals surface area contributed by atoms with E-state index in [2.05, 4.69) is 10.6 Å². The highest BCUT2D eigenvalue weighted by atomic mass is 16.1. The normalized spacial score (nSPS) is 12.2. The Balaban J connectivity index is 2.64. The van der Waals surface area contributed by atoms with Crippen LogP contribution in [0.1, 0.15) is 25.0 Å². The number of carbonyl (C=O) groups is 1. The lowest BCUT2D eigenvalue weighted by atomic mass is 10.1. The number of nitrogens with one attached hydrogen (secondary N) is 2. The van der Waals surface area contributed by atoms with Crippen molar-refractivity contribution < 1.29 is 4.79 Å². The Morgan fingerprint density at radius 3 is 2.71 bits per heavy atom. The quantitative estimate of drug-likeness (QED) is 0.822. The maximum Gasteiger partial charge on any atom is 0.228 e. The van der Waals surface area contributed by atoms with E-state index in [-0.39, 0.29) is 11.8 Å². The van der Waals surface area contributed by atoms with E-state index in [0.29, 0.717) is 6.54 Å². The number of amides is 1. The number of rotatable bonds is 5. The molecule has 1 aromatic carbocycles. The molecule has 0 saturated carbocycles. The van der Waals surface area contributed by atoms with Gasteiger partial charge in [-0.3, -0.25) is 4.79 Å². The molecular formula is C14H22N2O. The van der Waals surface area contributed by atoms with Crippen molar-refractivity contribution in [1.29, 1.82) is 0 Å². The Morgan fingerprint density at radius 1 is 1.35 bits per heavy atom. The van der Waals surface area contributed by atoms with Gasteiger partial charge in [0, 0.05) is 18.2 Å². The summed E-state index contributed by atoms with van der Waals surface area (Å²) in [6.07, 6.45) is 0. The molecule has 0 heterocycles. The van der Waals surface area contributed by atoms with Gasteiger partial charge in [0.1, 0.15) is 0 Å². The van der Waals surface area contributed by atoms with Crippen molar-refractivity contribution in [2.45, 2.75) is 27.7 Å². The molecule has 0 spiro atoms. The summed E-state index contributed by atoms with van der Waals surface area (Å²) in [6, 6.07) is 5.96. The predicted molar refractivity (Wildman–Crippen MR) is 72.3 cm³/mol. The molecule has 1 atom stereocenters. The van der Waals surface area contributed by atoms with Crippen molar-refractivity contribution in [2.75, 3.05) is 18.4 Å². The molecule has 3 heteroatoms. The standard InChI is InChI=1S/C14H22N2O/c1-5-15-9-11(3)14(17)16-13-8-6-7-10(2)12(13)4/h6-8,11,15H,5,9H2,1-4H3,(H,16,17). The fraction of sp³-hybridized carbons (Fsp3) is 0.500. The summed E-state index contributed by atoms with van der Waals surface area (Å²) in [4.78, 5) is 11.9. The van der Waals surface area contributed by atoms with E-state index in [4.69, 9.17) is 0 Å². The fourth-order valence-corrected chi connectivity index (χ4v) is 1.60. The predicted octanol–water partition coefficient (Wildman–Crippen LogP) is 2.49. The summed E-state index contributed by atoms with van der Waals surface area (Å²) < 4.78 is 0. The highest BCUT2D eigenvalue weighted by molar-refractivity contribution is 5.93. The van der Waals surface area contributed by atoms with Crippen LogP contribution in [0, 0.1) is 19.8 Å². The minimum absolute atomic E-state index is 0.0186. The number of hydrogen-bond acceptors (Lipinski definition) is 2. The molecule has 1 unspecified atom stereocenters. The van der Waals surface area contributed by atoms with Crippen LogP contribution >= 0.6 is 0 Å². The molecule has 0 fully saturated rings. The second-order valence-electron chi connectivity index (χ2n) is 4.45. The van der Waals surface area contributed by atoms with Gasteiger partial charge >= 0.3 is 0 Å². The van der Waals surface area contributed by atoms with Crippen LogP contribution in [-0.4, -0.2) is 19.0 Å². The molecule has 0 saturated heterocycles. The van der Waals surface area contributed by atoms with Crippen molar-refractivity contribution in [3.05, 3.63) is 29.3 Å². The zero-order valence-electron chi connectivity index (χ0n) is 11.1. The van der Waals surface area contributed by atoms with Crippen LogP contribution in [0.5, 0.6) is 0 Å². The Kier molecular flexibility index (Phi) is 5.16. The van der Waals surface area contributed by atoms with Gasteiger partial charge in [0.05, 0.1) is 0 Å². The van der Waals surface area contributed by atoms with Crippen molar-refractivity contribution in [1.82, 2.24) is 5.32 Å². The Bertz CT molecular complexity index is 388. The number of aryl methyl sites for hydroxylation is 1.